The van der Waals surface area contributed by atoms with Crippen molar-refractivity contribution in [2.45, 2.75) is 19.4 Å². The molecule has 0 spiro atoms. The van der Waals surface area contributed by atoms with Crippen molar-refractivity contribution in [3.8, 4) is 0 Å². The molecule has 0 aliphatic heterocycles. The first-order chi connectivity index (χ1) is 3.06. The lowest BCUT2D eigenvalue weighted by Gasteiger charge is -2.15. The second kappa shape index (κ2) is 3.83. The van der Waals surface area contributed by atoms with Gasteiger partial charge >= 0.3 is 0 Å². The highest BCUT2D eigenvalue weighted by molar-refractivity contribution is 4.69. The largest absolute Gasteiger partial charge is 0.383 e. The van der Waals surface area contributed by atoms with E-state index < -0.39 is 0 Å². The van der Waals surface area contributed by atoms with Crippen molar-refractivity contribution < 1.29 is 4.74 Å². The molecule has 3 heteroatoms. The van der Waals surface area contributed by atoms with Crippen molar-refractivity contribution in [1.82, 2.24) is 6.15 Å². The molecule has 0 unspecified atom stereocenters. The standard InChI is InChI=1S/C5H13NO.H3N/c1-5(2,6)4-7-3;/h4,6H2,1-3H3;1H3. The van der Waals surface area contributed by atoms with Crippen LogP contribution in [0.3, 0.4) is 0 Å². The van der Waals surface area contributed by atoms with Crippen LogP contribution in [0.5, 0.6) is 0 Å². The van der Waals surface area contributed by atoms with E-state index in [1.54, 1.807) is 7.11 Å². The first-order valence-electron chi connectivity index (χ1n) is 2.34. The van der Waals surface area contributed by atoms with Crippen LogP contribution in [0, 0.1) is 0 Å². The van der Waals surface area contributed by atoms with Crippen LogP contribution in [0.2, 0.25) is 0 Å². The minimum absolute atomic E-state index is 0. The van der Waals surface area contributed by atoms with Gasteiger partial charge in [0.2, 0.25) is 0 Å². The Kier molecular flexibility index (Phi) is 5.17. The van der Waals surface area contributed by atoms with Crippen LogP contribution in [-0.2, 0) is 4.74 Å². The van der Waals surface area contributed by atoms with Crippen molar-refractivity contribution in [1.29, 1.82) is 0 Å². The van der Waals surface area contributed by atoms with E-state index in [2.05, 4.69) is 0 Å². The second-order valence-corrected chi connectivity index (χ2v) is 2.42. The monoisotopic (exact) mass is 120 g/mol. The summed E-state index contributed by atoms with van der Waals surface area (Å²) in [4.78, 5) is 0. The molecular formula is C5H16N2O. The summed E-state index contributed by atoms with van der Waals surface area (Å²) in [5, 5.41) is 0. The maximum absolute atomic E-state index is 5.52. The number of rotatable bonds is 2. The molecule has 52 valence electrons. The lowest BCUT2D eigenvalue weighted by molar-refractivity contribution is 0.149. The molecule has 5 N–H and O–H groups in total. The topological polar surface area (TPSA) is 70.2 Å². The molecule has 0 saturated heterocycles. The third kappa shape index (κ3) is 9.30. The average Bonchev–Trinajstić information content (AvgIpc) is 1.30. The summed E-state index contributed by atoms with van der Waals surface area (Å²) >= 11 is 0. The van der Waals surface area contributed by atoms with Gasteiger partial charge in [-0.1, -0.05) is 0 Å². The van der Waals surface area contributed by atoms with Gasteiger partial charge in [-0.05, 0) is 13.8 Å². The predicted octanol–water partition coefficient (Wildman–Crippen LogP) is 0.532. The zero-order valence-electron chi connectivity index (χ0n) is 5.90. The highest BCUT2D eigenvalue weighted by Crippen LogP contribution is 1.93. The molecular weight excluding hydrogens is 104 g/mol. The van der Waals surface area contributed by atoms with E-state index >= 15 is 0 Å². The van der Waals surface area contributed by atoms with Gasteiger partial charge in [0.05, 0.1) is 6.61 Å². The van der Waals surface area contributed by atoms with E-state index in [1.165, 1.54) is 0 Å². The molecule has 0 aliphatic carbocycles. The summed E-state index contributed by atoms with van der Waals surface area (Å²) in [5.74, 6) is 0. The van der Waals surface area contributed by atoms with Crippen LogP contribution >= 0.6 is 0 Å². The summed E-state index contributed by atoms with van der Waals surface area (Å²) in [6, 6.07) is 0. The molecule has 0 rings (SSSR count). The Labute approximate surface area is 50.8 Å². The van der Waals surface area contributed by atoms with E-state index in [-0.39, 0.29) is 11.7 Å². The van der Waals surface area contributed by atoms with Gasteiger partial charge in [-0.3, -0.25) is 0 Å². The molecule has 0 atom stereocenters. The molecule has 0 heterocycles. The first kappa shape index (κ1) is 10.8. The van der Waals surface area contributed by atoms with E-state index in [4.69, 9.17) is 10.5 Å². The van der Waals surface area contributed by atoms with Crippen LogP contribution in [0.15, 0.2) is 0 Å². The van der Waals surface area contributed by atoms with Gasteiger partial charge in [0.1, 0.15) is 0 Å². The minimum Gasteiger partial charge on any atom is -0.383 e. The number of hydrogen-bond donors (Lipinski definition) is 2. The van der Waals surface area contributed by atoms with E-state index in [9.17, 15) is 0 Å². The quantitative estimate of drug-likeness (QED) is 0.558. The Balaban J connectivity index is 0. The highest BCUT2D eigenvalue weighted by Gasteiger charge is 2.07. The third-order valence-corrected chi connectivity index (χ3v) is 0.516. The summed E-state index contributed by atoms with van der Waals surface area (Å²) < 4.78 is 4.78. The Bertz CT molecular complexity index is 48.9. The zero-order chi connectivity index (χ0) is 5.91. The SMILES string of the molecule is COCC(C)(C)N.N. The van der Waals surface area contributed by atoms with Gasteiger partial charge in [0.25, 0.3) is 0 Å². The van der Waals surface area contributed by atoms with Gasteiger partial charge in [0.15, 0.2) is 0 Å². The van der Waals surface area contributed by atoms with E-state index in [0.29, 0.717) is 6.61 Å². The lowest BCUT2D eigenvalue weighted by Crippen LogP contribution is -2.36. The van der Waals surface area contributed by atoms with E-state index in [1.807, 2.05) is 13.8 Å². The molecule has 0 radical (unpaired) electrons. The Morgan fingerprint density at radius 2 is 1.88 bits per heavy atom. The summed E-state index contributed by atoms with van der Waals surface area (Å²) in [6.07, 6.45) is 0. The van der Waals surface area contributed by atoms with Crippen molar-refractivity contribution in [3.05, 3.63) is 0 Å². The van der Waals surface area contributed by atoms with Crippen LogP contribution in [0.1, 0.15) is 13.8 Å². The molecule has 0 saturated carbocycles. The summed E-state index contributed by atoms with van der Waals surface area (Å²) in [5.41, 5.74) is 5.35. The molecule has 8 heavy (non-hydrogen) atoms. The first-order valence-corrected chi connectivity index (χ1v) is 2.34. The molecule has 0 fully saturated rings. The van der Waals surface area contributed by atoms with Gasteiger partial charge in [-0.2, -0.15) is 0 Å². The van der Waals surface area contributed by atoms with Gasteiger partial charge in [-0.25, -0.2) is 0 Å². The van der Waals surface area contributed by atoms with Gasteiger partial charge in [-0.15, -0.1) is 0 Å². The molecule has 0 aliphatic rings. The van der Waals surface area contributed by atoms with Crippen LogP contribution in [-0.4, -0.2) is 19.3 Å². The van der Waals surface area contributed by atoms with Crippen LogP contribution in [0.4, 0.5) is 0 Å². The fraction of sp³-hybridized carbons (Fsp3) is 1.00. The summed E-state index contributed by atoms with van der Waals surface area (Å²) in [6.45, 7) is 4.47. The maximum atomic E-state index is 5.52. The molecule has 0 bridgehead atoms. The fourth-order valence-corrected chi connectivity index (χ4v) is 0.372. The Hall–Kier alpha value is -0.120. The van der Waals surface area contributed by atoms with Crippen LogP contribution < -0.4 is 11.9 Å². The number of nitrogens with two attached hydrogens (primary N) is 1. The Morgan fingerprint density at radius 1 is 1.50 bits per heavy atom. The molecule has 0 amide bonds. The van der Waals surface area contributed by atoms with Crippen molar-refractivity contribution >= 4 is 0 Å². The minimum atomic E-state index is -0.172. The fourth-order valence-electron chi connectivity index (χ4n) is 0.372. The summed E-state index contributed by atoms with van der Waals surface area (Å²) in [7, 11) is 1.65. The molecule has 3 nitrogen and oxygen atoms in total. The normalized spacial score (nSPS) is 10.5. The van der Waals surface area contributed by atoms with Gasteiger partial charge in [0, 0.05) is 12.6 Å². The average molecular weight is 120 g/mol. The molecule has 0 aromatic rings. The van der Waals surface area contributed by atoms with Crippen molar-refractivity contribution in [3.63, 3.8) is 0 Å². The van der Waals surface area contributed by atoms with E-state index in [0.717, 1.165) is 0 Å². The predicted molar refractivity (Wildman–Crippen MR) is 35.2 cm³/mol. The number of hydrogen-bond acceptors (Lipinski definition) is 3. The smallest absolute Gasteiger partial charge is 0.0636 e. The van der Waals surface area contributed by atoms with Crippen molar-refractivity contribution in [2.24, 2.45) is 5.73 Å². The maximum Gasteiger partial charge on any atom is 0.0636 e. The molecule has 0 aromatic heterocycles. The second-order valence-electron chi connectivity index (χ2n) is 2.42. The Morgan fingerprint density at radius 3 is 1.88 bits per heavy atom. The lowest BCUT2D eigenvalue weighted by atomic mass is 10.1. The van der Waals surface area contributed by atoms with Crippen molar-refractivity contribution in [2.75, 3.05) is 13.7 Å². The third-order valence-electron chi connectivity index (χ3n) is 0.516. The van der Waals surface area contributed by atoms with Gasteiger partial charge < -0.3 is 16.6 Å². The number of methoxy groups -OCH3 is 1. The highest BCUT2D eigenvalue weighted by atomic mass is 16.5. The number of ether oxygens (including phenoxy) is 1. The van der Waals surface area contributed by atoms with Crippen LogP contribution in [0.25, 0.3) is 0 Å². The molecule has 0 aromatic carbocycles. The zero-order valence-corrected chi connectivity index (χ0v) is 5.90.